The van der Waals surface area contributed by atoms with Crippen LogP contribution in [0.5, 0.6) is 0 Å². The SMILES string of the molecule is C/C(=C\C=C(/N)c1ccc(C(=O)O)cc1)c1cc2c(C)c(Cl)ccc2o1. The lowest BCUT2D eigenvalue weighted by atomic mass is 10.1. The maximum atomic E-state index is 10.9. The number of benzene rings is 2. The molecule has 4 nitrogen and oxygen atoms in total. The molecule has 0 atom stereocenters. The van der Waals surface area contributed by atoms with Crippen LogP contribution in [0, 0.1) is 6.92 Å². The topological polar surface area (TPSA) is 76.5 Å². The number of carboxylic acid groups (broad SMARTS) is 1. The number of aromatic carboxylic acids is 1. The predicted molar refractivity (Wildman–Crippen MR) is 105 cm³/mol. The van der Waals surface area contributed by atoms with E-state index in [9.17, 15) is 4.79 Å². The second-order valence-electron chi connectivity index (χ2n) is 6.05. The molecule has 0 saturated carbocycles. The molecule has 0 fully saturated rings. The van der Waals surface area contributed by atoms with E-state index in [0.717, 1.165) is 33.4 Å². The van der Waals surface area contributed by atoms with Crippen molar-refractivity contribution in [2.75, 3.05) is 0 Å². The number of halogens is 1. The third-order valence-corrected chi connectivity index (χ3v) is 4.68. The highest BCUT2D eigenvalue weighted by Crippen LogP contribution is 2.30. The van der Waals surface area contributed by atoms with Gasteiger partial charge in [-0.3, -0.25) is 0 Å². The molecule has 0 spiro atoms. The van der Waals surface area contributed by atoms with Crippen LogP contribution in [0.4, 0.5) is 0 Å². The van der Waals surface area contributed by atoms with Crippen LogP contribution in [0.1, 0.15) is 34.2 Å². The number of rotatable bonds is 4. The predicted octanol–water partition coefficient (Wildman–Crippen LogP) is 5.50. The van der Waals surface area contributed by atoms with Gasteiger partial charge in [-0.15, -0.1) is 0 Å². The van der Waals surface area contributed by atoms with Gasteiger partial charge in [0.25, 0.3) is 0 Å². The number of furan rings is 1. The number of allylic oxidation sites excluding steroid dienone is 3. The van der Waals surface area contributed by atoms with Gasteiger partial charge in [0.05, 0.1) is 5.56 Å². The largest absolute Gasteiger partial charge is 0.478 e. The Hall–Kier alpha value is -2.98. The van der Waals surface area contributed by atoms with E-state index in [1.54, 1.807) is 18.2 Å². The highest BCUT2D eigenvalue weighted by Gasteiger charge is 2.09. The fourth-order valence-corrected chi connectivity index (χ4v) is 2.78. The first-order valence-corrected chi connectivity index (χ1v) is 8.41. The number of carbonyl (C=O) groups is 1. The van der Waals surface area contributed by atoms with E-state index in [1.165, 1.54) is 12.1 Å². The Morgan fingerprint density at radius 3 is 2.42 bits per heavy atom. The van der Waals surface area contributed by atoms with E-state index < -0.39 is 5.97 Å². The van der Waals surface area contributed by atoms with Gasteiger partial charge in [0.2, 0.25) is 0 Å². The molecule has 1 heterocycles. The van der Waals surface area contributed by atoms with Crippen LogP contribution in [0.15, 0.2) is 59.0 Å². The second-order valence-corrected chi connectivity index (χ2v) is 6.46. The van der Waals surface area contributed by atoms with Crippen LogP contribution in [0.3, 0.4) is 0 Å². The molecule has 3 N–H and O–H groups in total. The van der Waals surface area contributed by atoms with Crippen molar-refractivity contribution in [3.8, 4) is 0 Å². The summed E-state index contributed by atoms with van der Waals surface area (Å²) in [5.41, 5.74) is 10.3. The van der Waals surface area contributed by atoms with Gasteiger partial charge in [0.15, 0.2) is 0 Å². The number of carboxylic acids is 1. The van der Waals surface area contributed by atoms with E-state index in [1.807, 2.05) is 38.1 Å². The van der Waals surface area contributed by atoms with Crippen LogP contribution in [-0.2, 0) is 0 Å². The van der Waals surface area contributed by atoms with Crippen molar-refractivity contribution in [2.45, 2.75) is 13.8 Å². The maximum absolute atomic E-state index is 10.9. The lowest BCUT2D eigenvalue weighted by Gasteiger charge is -2.02. The molecule has 0 unspecified atom stereocenters. The smallest absolute Gasteiger partial charge is 0.335 e. The summed E-state index contributed by atoms with van der Waals surface area (Å²) in [6.07, 6.45) is 3.65. The highest BCUT2D eigenvalue weighted by molar-refractivity contribution is 6.32. The number of aryl methyl sites for hydroxylation is 1. The summed E-state index contributed by atoms with van der Waals surface area (Å²) in [6.45, 7) is 3.90. The van der Waals surface area contributed by atoms with Gasteiger partial charge in [-0.25, -0.2) is 4.79 Å². The third-order valence-electron chi connectivity index (χ3n) is 4.27. The normalized spacial score (nSPS) is 12.6. The van der Waals surface area contributed by atoms with Gasteiger partial charge in [-0.2, -0.15) is 0 Å². The Morgan fingerprint density at radius 1 is 1.12 bits per heavy atom. The number of hydrogen-bond acceptors (Lipinski definition) is 3. The lowest BCUT2D eigenvalue weighted by molar-refractivity contribution is 0.0697. The molecular formula is C21H18ClNO3. The minimum absolute atomic E-state index is 0.226. The number of hydrogen-bond donors (Lipinski definition) is 2. The summed E-state index contributed by atoms with van der Waals surface area (Å²) in [7, 11) is 0. The Labute approximate surface area is 156 Å². The van der Waals surface area contributed by atoms with Gasteiger partial charge in [-0.1, -0.05) is 29.8 Å². The molecule has 3 rings (SSSR count). The van der Waals surface area contributed by atoms with Gasteiger partial charge in [-0.05, 0) is 67.0 Å². The zero-order valence-corrected chi connectivity index (χ0v) is 15.2. The van der Waals surface area contributed by atoms with Crippen molar-refractivity contribution in [3.05, 3.63) is 82.1 Å². The molecule has 0 aliphatic rings. The molecule has 0 aliphatic carbocycles. The molecule has 132 valence electrons. The van der Waals surface area contributed by atoms with Crippen molar-refractivity contribution in [1.82, 2.24) is 0 Å². The molecule has 0 bridgehead atoms. The van der Waals surface area contributed by atoms with Gasteiger partial charge < -0.3 is 15.3 Å². The summed E-state index contributed by atoms with van der Waals surface area (Å²) < 4.78 is 5.88. The van der Waals surface area contributed by atoms with Crippen molar-refractivity contribution < 1.29 is 14.3 Å². The minimum atomic E-state index is -0.963. The molecule has 0 saturated heterocycles. The summed E-state index contributed by atoms with van der Waals surface area (Å²) in [5.74, 6) is -0.217. The Bertz CT molecular complexity index is 1040. The quantitative estimate of drug-likeness (QED) is 0.597. The summed E-state index contributed by atoms with van der Waals surface area (Å²) >= 11 is 6.16. The van der Waals surface area contributed by atoms with Gasteiger partial charge >= 0.3 is 5.97 Å². The van der Waals surface area contributed by atoms with Gasteiger partial charge in [0, 0.05) is 16.1 Å². The van der Waals surface area contributed by atoms with E-state index in [2.05, 4.69) is 0 Å². The summed E-state index contributed by atoms with van der Waals surface area (Å²) in [4.78, 5) is 10.9. The maximum Gasteiger partial charge on any atom is 0.335 e. The van der Waals surface area contributed by atoms with Crippen LogP contribution >= 0.6 is 11.6 Å². The Morgan fingerprint density at radius 2 is 1.77 bits per heavy atom. The number of nitrogens with two attached hydrogens (primary N) is 1. The molecule has 0 aliphatic heterocycles. The third kappa shape index (κ3) is 3.51. The van der Waals surface area contributed by atoms with Crippen molar-refractivity contribution >= 4 is 39.8 Å². The fourth-order valence-electron chi connectivity index (χ4n) is 2.62. The van der Waals surface area contributed by atoms with Gasteiger partial charge in [0.1, 0.15) is 11.3 Å². The van der Waals surface area contributed by atoms with Crippen LogP contribution in [0.25, 0.3) is 22.2 Å². The van der Waals surface area contributed by atoms with Crippen LogP contribution in [0.2, 0.25) is 5.02 Å². The molecule has 2 aromatic carbocycles. The average molecular weight is 368 g/mol. The fraction of sp³-hybridized carbons (Fsp3) is 0.0952. The van der Waals surface area contributed by atoms with Crippen molar-refractivity contribution in [2.24, 2.45) is 5.73 Å². The molecule has 0 amide bonds. The first-order valence-electron chi connectivity index (χ1n) is 8.03. The van der Waals surface area contributed by atoms with E-state index in [0.29, 0.717) is 10.7 Å². The summed E-state index contributed by atoms with van der Waals surface area (Å²) in [5, 5.41) is 10.6. The molecule has 5 heteroatoms. The zero-order chi connectivity index (χ0) is 18.8. The van der Waals surface area contributed by atoms with E-state index >= 15 is 0 Å². The summed E-state index contributed by atoms with van der Waals surface area (Å²) in [6, 6.07) is 12.1. The van der Waals surface area contributed by atoms with E-state index in [-0.39, 0.29) is 5.56 Å². The molecule has 3 aromatic rings. The minimum Gasteiger partial charge on any atom is -0.478 e. The standard InChI is InChI=1S/C21H18ClNO3/c1-12(20-11-16-13(2)17(22)8-10-19(16)26-20)3-9-18(23)14-4-6-15(7-5-14)21(24)25/h3-11H,23H2,1-2H3,(H,24,25)/b12-3+,18-9-. The van der Waals surface area contributed by atoms with Crippen molar-refractivity contribution in [1.29, 1.82) is 0 Å². The monoisotopic (exact) mass is 367 g/mol. The zero-order valence-electron chi connectivity index (χ0n) is 14.4. The Balaban J connectivity index is 1.88. The molecule has 1 aromatic heterocycles. The van der Waals surface area contributed by atoms with Crippen LogP contribution < -0.4 is 5.73 Å². The molecular weight excluding hydrogens is 350 g/mol. The second kappa shape index (κ2) is 7.10. The van der Waals surface area contributed by atoms with Crippen molar-refractivity contribution in [3.63, 3.8) is 0 Å². The first-order chi connectivity index (χ1) is 12.4. The molecule has 26 heavy (non-hydrogen) atoms. The lowest BCUT2D eigenvalue weighted by Crippen LogP contribution is -1.99. The van der Waals surface area contributed by atoms with E-state index in [4.69, 9.17) is 26.9 Å². The van der Waals surface area contributed by atoms with Crippen LogP contribution in [-0.4, -0.2) is 11.1 Å². The average Bonchev–Trinajstić information content (AvgIpc) is 3.07. The highest BCUT2D eigenvalue weighted by atomic mass is 35.5. The first kappa shape index (κ1) is 17.8. The number of fused-ring (bicyclic) bond motifs is 1. The molecule has 0 radical (unpaired) electrons. The Kier molecular flexibility index (Phi) is 4.87.